The summed E-state index contributed by atoms with van der Waals surface area (Å²) in [6, 6.07) is 9.08. The van der Waals surface area contributed by atoms with Crippen molar-refractivity contribution in [3.63, 3.8) is 0 Å². The Kier molecular flexibility index (Phi) is 5.72. The van der Waals surface area contributed by atoms with Crippen LogP contribution in [0.4, 0.5) is 5.69 Å². The largest absolute Gasteiger partial charge is 0.383 e. The van der Waals surface area contributed by atoms with E-state index in [2.05, 4.69) is 4.72 Å². The Morgan fingerprint density at radius 3 is 2.70 bits per heavy atom. The molecule has 3 aromatic rings. The van der Waals surface area contributed by atoms with Crippen LogP contribution in [0.2, 0.25) is 0 Å². The lowest BCUT2D eigenvalue weighted by Gasteiger charge is -2.09. The number of aryl methyl sites for hydroxylation is 1. The zero-order valence-electron chi connectivity index (χ0n) is 14.2. The molecule has 0 bridgehead atoms. The second-order valence-corrected chi connectivity index (χ2v) is 9.51. The van der Waals surface area contributed by atoms with Crippen LogP contribution in [0.25, 0.3) is 0 Å². The van der Waals surface area contributed by atoms with Crippen molar-refractivity contribution in [3.05, 3.63) is 78.2 Å². The normalized spacial score (nSPS) is 12.8. The topological polar surface area (TPSA) is 110 Å². The first-order valence-electron chi connectivity index (χ1n) is 7.81. The predicted octanol–water partition coefficient (Wildman–Crippen LogP) is 3.59. The van der Waals surface area contributed by atoms with E-state index >= 15 is 0 Å². The molecule has 142 valence electrons. The van der Waals surface area contributed by atoms with Crippen LogP contribution in [0.5, 0.6) is 0 Å². The molecule has 2 heterocycles. The van der Waals surface area contributed by atoms with E-state index in [1.165, 1.54) is 34.8 Å². The Balaban J connectivity index is 1.75. The van der Waals surface area contributed by atoms with Gasteiger partial charge >= 0.3 is 0 Å². The number of non-ortho nitro benzene ring substituents is 1. The van der Waals surface area contributed by atoms with Gasteiger partial charge in [-0.05, 0) is 47.0 Å². The Bertz CT molecular complexity index is 1060. The van der Waals surface area contributed by atoms with Gasteiger partial charge in [-0.2, -0.15) is 11.3 Å². The molecule has 0 aliphatic heterocycles. The van der Waals surface area contributed by atoms with Gasteiger partial charge in [-0.15, -0.1) is 11.3 Å². The van der Waals surface area contributed by atoms with Gasteiger partial charge in [0.25, 0.3) is 5.69 Å². The Hall–Kier alpha value is -2.11. The minimum Gasteiger partial charge on any atom is -0.383 e. The van der Waals surface area contributed by atoms with Crippen molar-refractivity contribution in [1.82, 2.24) is 4.72 Å². The lowest BCUT2D eigenvalue weighted by atomic mass is 10.2. The average molecular weight is 425 g/mol. The number of rotatable bonds is 7. The van der Waals surface area contributed by atoms with Crippen LogP contribution in [0.15, 0.2) is 52.1 Å². The van der Waals surface area contributed by atoms with Gasteiger partial charge in [0.05, 0.1) is 9.82 Å². The lowest BCUT2D eigenvalue weighted by molar-refractivity contribution is -0.385. The minimum atomic E-state index is -3.91. The summed E-state index contributed by atoms with van der Waals surface area (Å²) >= 11 is 2.80. The van der Waals surface area contributed by atoms with Crippen molar-refractivity contribution in [2.24, 2.45) is 0 Å². The van der Waals surface area contributed by atoms with Crippen LogP contribution in [-0.4, -0.2) is 18.4 Å². The molecule has 1 unspecified atom stereocenters. The van der Waals surface area contributed by atoms with Crippen molar-refractivity contribution in [2.75, 3.05) is 0 Å². The van der Waals surface area contributed by atoms with E-state index in [0.29, 0.717) is 10.4 Å². The van der Waals surface area contributed by atoms with Gasteiger partial charge in [-0.1, -0.05) is 6.07 Å². The number of hydrogen-bond acceptors (Lipinski definition) is 7. The fraction of sp³-hybridized carbons (Fsp3) is 0.176. The molecule has 7 nitrogen and oxygen atoms in total. The SMILES string of the molecule is Cc1ccc([N+](=O)[O-])cc1S(=O)(=O)NCc1ccc(C(O)c2ccsc2)s1. The summed E-state index contributed by atoms with van der Waals surface area (Å²) in [4.78, 5) is 11.6. The molecule has 0 aliphatic rings. The third-order valence-electron chi connectivity index (χ3n) is 3.92. The number of aliphatic hydroxyl groups excluding tert-OH is 1. The number of sulfonamides is 1. The molecule has 0 fully saturated rings. The molecule has 0 aliphatic carbocycles. The maximum absolute atomic E-state index is 12.6. The maximum Gasteiger partial charge on any atom is 0.270 e. The molecular weight excluding hydrogens is 408 g/mol. The van der Waals surface area contributed by atoms with Crippen molar-refractivity contribution in [1.29, 1.82) is 0 Å². The van der Waals surface area contributed by atoms with Crippen molar-refractivity contribution >= 4 is 38.4 Å². The summed E-state index contributed by atoms with van der Waals surface area (Å²) < 4.78 is 27.6. The lowest BCUT2D eigenvalue weighted by Crippen LogP contribution is -2.23. The number of nitrogens with zero attached hydrogens (tertiary/aromatic N) is 1. The fourth-order valence-electron chi connectivity index (χ4n) is 2.47. The predicted molar refractivity (Wildman–Crippen MR) is 105 cm³/mol. The zero-order valence-corrected chi connectivity index (χ0v) is 16.6. The smallest absolute Gasteiger partial charge is 0.270 e. The van der Waals surface area contributed by atoms with Gasteiger partial charge in [-0.3, -0.25) is 10.1 Å². The van der Waals surface area contributed by atoms with Gasteiger partial charge in [0.2, 0.25) is 10.0 Å². The number of nitro benzene ring substituents is 1. The van der Waals surface area contributed by atoms with E-state index in [0.717, 1.165) is 16.5 Å². The second-order valence-electron chi connectivity index (χ2n) is 5.79. The zero-order chi connectivity index (χ0) is 19.6. The molecule has 10 heteroatoms. The molecule has 0 saturated heterocycles. The highest BCUT2D eigenvalue weighted by Crippen LogP contribution is 2.30. The van der Waals surface area contributed by atoms with Crippen molar-refractivity contribution in [2.45, 2.75) is 24.5 Å². The van der Waals surface area contributed by atoms with Crippen LogP contribution < -0.4 is 4.72 Å². The highest BCUT2D eigenvalue weighted by Gasteiger charge is 2.21. The summed E-state index contributed by atoms with van der Waals surface area (Å²) in [6.07, 6.45) is -0.745. The number of hydrogen-bond donors (Lipinski definition) is 2. The van der Waals surface area contributed by atoms with Crippen molar-refractivity contribution in [3.8, 4) is 0 Å². The van der Waals surface area contributed by atoms with E-state index < -0.39 is 21.1 Å². The third kappa shape index (κ3) is 4.42. The summed E-state index contributed by atoms with van der Waals surface area (Å²) in [5.74, 6) is 0. The van der Waals surface area contributed by atoms with E-state index in [-0.39, 0.29) is 17.1 Å². The van der Waals surface area contributed by atoms with Crippen LogP contribution in [0.1, 0.15) is 27.0 Å². The van der Waals surface area contributed by atoms with Crippen molar-refractivity contribution < 1.29 is 18.4 Å². The molecule has 1 atom stereocenters. The molecule has 0 saturated carbocycles. The van der Waals surface area contributed by atoms with E-state index in [9.17, 15) is 23.6 Å². The molecule has 3 rings (SSSR count). The number of aliphatic hydroxyl groups is 1. The number of nitro groups is 1. The molecule has 1 aromatic carbocycles. The highest BCUT2D eigenvalue weighted by molar-refractivity contribution is 7.89. The first-order valence-corrected chi connectivity index (χ1v) is 11.1. The maximum atomic E-state index is 12.6. The van der Waals surface area contributed by atoms with Crippen LogP contribution in [-0.2, 0) is 16.6 Å². The van der Waals surface area contributed by atoms with Gasteiger partial charge < -0.3 is 5.11 Å². The third-order valence-corrected chi connectivity index (χ3v) is 7.30. The van der Waals surface area contributed by atoms with E-state index in [1.54, 1.807) is 19.1 Å². The first-order chi connectivity index (χ1) is 12.8. The monoisotopic (exact) mass is 424 g/mol. The average Bonchev–Trinajstić information content (AvgIpc) is 3.31. The second kappa shape index (κ2) is 7.87. The fourth-order valence-corrected chi connectivity index (χ4v) is 5.47. The Morgan fingerprint density at radius 2 is 2.04 bits per heavy atom. The molecular formula is C17H16N2O5S3. The molecule has 2 N–H and O–H groups in total. The van der Waals surface area contributed by atoms with Gasteiger partial charge in [0.1, 0.15) is 6.10 Å². The number of nitrogens with one attached hydrogen (secondary N) is 1. The van der Waals surface area contributed by atoms with Gasteiger partial charge in [0.15, 0.2) is 0 Å². The minimum absolute atomic E-state index is 0.0332. The van der Waals surface area contributed by atoms with Gasteiger partial charge in [0, 0.05) is 28.4 Å². The summed E-state index contributed by atoms with van der Waals surface area (Å²) in [5, 5.41) is 25.0. The molecule has 0 amide bonds. The van der Waals surface area contributed by atoms with E-state index in [4.69, 9.17) is 0 Å². The highest BCUT2D eigenvalue weighted by atomic mass is 32.2. The molecule has 2 aromatic heterocycles. The Morgan fingerprint density at radius 1 is 1.26 bits per heavy atom. The quantitative estimate of drug-likeness (QED) is 0.445. The van der Waals surface area contributed by atoms with Crippen LogP contribution >= 0.6 is 22.7 Å². The van der Waals surface area contributed by atoms with Crippen LogP contribution in [0, 0.1) is 17.0 Å². The molecule has 27 heavy (non-hydrogen) atoms. The van der Waals surface area contributed by atoms with Gasteiger partial charge in [-0.25, -0.2) is 13.1 Å². The number of thiophene rings is 2. The number of benzene rings is 1. The standard InChI is InChI=1S/C17H16N2O5S3/c1-11-2-3-13(19(21)22)8-16(11)27(23,24)18-9-14-4-5-15(26-14)17(20)12-6-7-25-10-12/h2-8,10,17-18,20H,9H2,1H3. The van der Waals surface area contributed by atoms with Crippen LogP contribution in [0.3, 0.4) is 0 Å². The Labute approximate surface area is 164 Å². The van der Waals surface area contributed by atoms with E-state index in [1.807, 2.05) is 16.8 Å². The summed E-state index contributed by atoms with van der Waals surface area (Å²) in [7, 11) is -3.91. The molecule has 0 spiro atoms. The first kappa shape index (κ1) is 19.6. The summed E-state index contributed by atoms with van der Waals surface area (Å²) in [5.41, 5.74) is 0.937. The molecule has 0 radical (unpaired) electrons. The summed E-state index contributed by atoms with van der Waals surface area (Å²) in [6.45, 7) is 1.62.